The van der Waals surface area contributed by atoms with E-state index >= 15 is 0 Å². The van der Waals surface area contributed by atoms with Gasteiger partial charge in [0.1, 0.15) is 6.54 Å². The zero-order valence-electron chi connectivity index (χ0n) is 16.5. The summed E-state index contributed by atoms with van der Waals surface area (Å²) in [5, 5.41) is 0. The smallest absolute Gasteiger partial charge is 0.326 e. The fourth-order valence-electron chi connectivity index (χ4n) is 2.55. The Labute approximate surface area is 168 Å². The van der Waals surface area contributed by atoms with Crippen molar-refractivity contribution in [2.24, 2.45) is 0 Å². The minimum absolute atomic E-state index is 0.0792. The molecule has 2 rings (SSSR count). The Balaban J connectivity index is 2.58. The molecule has 0 aromatic heterocycles. The summed E-state index contributed by atoms with van der Waals surface area (Å²) in [5.41, 5.74) is 0.118. The van der Waals surface area contributed by atoms with Gasteiger partial charge in [0.15, 0.2) is 23.1 Å². The minimum Gasteiger partial charge on any atom is -0.494 e. The van der Waals surface area contributed by atoms with Crippen LogP contribution < -0.4 is 18.5 Å². The van der Waals surface area contributed by atoms with Crippen LogP contribution in [0.3, 0.4) is 0 Å². The zero-order chi connectivity index (χ0) is 21.6. The Morgan fingerprint density at radius 3 is 2.14 bits per heavy atom. The summed E-state index contributed by atoms with van der Waals surface area (Å²) in [4.78, 5) is 11.7. The molecule has 0 amide bonds. The monoisotopic (exact) mass is 427 g/mol. The zero-order valence-corrected chi connectivity index (χ0v) is 17.3. The van der Waals surface area contributed by atoms with Crippen molar-refractivity contribution in [3.63, 3.8) is 0 Å². The first-order valence-corrected chi connectivity index (χ1v) is 9.96. The molecule has 0 fully saturated rings. The molecule has 0 spiro atoms. The number of sulfonamides is 1. The molecular formula is C19H22FNO7S. The van der Waals surface area contributed by atoms with Gasteiger partial charge in [0.25, 0.3) is 10.0 Å². The Bertz CT molecular complexity index is 979. The van der Waals surface area contributed by atoms with Crippen LogP contribution in [0.1, 0.15) is 6.92 Å². The van der Waals surface area contributed by atoms with Crippen molar-refractivity contribution in [2.75, 3.05) is 38.8 Å². The van der Waals surface area contributed by atoms with E-state index in [4.69, 9.17) is 18.9 Å². The van der Waals surface area contributed by atoms with E-state index in [1.807, 2.05) is 0 Å². The van der Waals surface area contributed by atoms with Crippen molar-refractivity contribution in [1.29, 1.82) is 0 Å². The number of esters is 1. The molecule has 2 aromatic carbocycles. The number of nitrogens with zero attached hydrogens (tertiary/aromatic N) is 1. The van der Waals surface area contributed by atoms with Crippen LogP contribution >= 0.6 is 0 Å². The average molecular weight is 427 g/mol. The maximum atomic E-state index is 14.1. The molecular weight excluding hydrogens is 405 g/mol. The highest BCUT2D eigenvalue weighted by atomic mass is 32.2. The van der Waals surface area contributed by atoms with Crippen LogP contribution in [0.2, 0.25) is 0 Å². The molecule has 0 radical (unpaired) electrons. The third kappa shape index (κ3) is 4.89. The highest BCUT2D eigenvalue weighted by molar-refractivity contribution is 7.92. The van der Waals surface area contributed by atoms with E-state index in [9.17, 15) is 17.6 Å². The predicted molar refractivity (Wildman–Crippen MR) is 104 cm³/mol. The molecule has 8 nitrogen and oxygen atoms in total. The molecule has 10 heteroatoms. The normalized spacial score (nSPS) is 10.9. The molecule has 0 unspecified atom stereocenters. The Morgan fingerprint density at radius 2 is 1.59 bits per heavy atom. The quantitative estimate of drug-likeness (QED) is 0.568. The van der Waals surface area contributed by atoms with Crippen molar-refractivity contribution < 1.29 is 36.6 Å². The van der Waals surface area contributed by atoms with Crippen LogP contribution in [0.4, 0.5) is 10.1 Å². The van der Waals surface area contributed by atoms with Gasteiger partial charge in [-0.1, -0.05) is 0 Å². The van der Waals surface area contributed by atoms with E-state index in [-0.39, 0.29) is 28.7 Å². The highest BCUT2D eigenvalue weighted by Gasteiger charge is 2.29. The van der Waals surface area contributed by atoms with E-state index in [0.717, 1.165) is 10.4 Å². The lowest BCUT2D eigenvalue weighted by Crippen LogP contribution is -2.36. The van der Waals surface area contributed by atoms with Gasteiger partial charge in [0, 0.05) is 6.07 Å². The highest BCUT2D eigenvalue weighted by Crippen LogP contribution is 2.34. The first-order chi connectivity index (χ1) is 13.8. The lowest BCUT2D eigenvalue weighted by atomic mass is 10.2. The molecule has 0 saturated heterocycles. The Kier molecular flexibility index (Phi) is 7.27. The van der Waals surface area contributed by atoms with Gasteiger partial charge in [-0.25, -0.2) is 12.8 Å². The van der Waals surface area contributed by atoms with E-state index in [1.165, 1.54) is 51.7 Å². The number of ether oxygens (including phenoxy) is 4. The minimum atomic E-state index is -4.32. The summed E-state index contributed by atoms with van der Waals surface area (Å²) in [6.45, 7) is 1.07. The van der Waals surface area contributed by atoms with E-state index in [1.54, 1.807) is 6.92 Å². The summed E-state index contributed by atoms with van der Waals surface area (Å²) in [7, 11) is -0.223. The van der Waals surface area contributed by atoms with E-state index < -0.39 is 28.4 Å². The van der Waals surface area contributed by atoms with Crippen LogP contribution in [0, 0.1) is 5.82 Å². The molecule has 0 heterocycles. The molecule has 0 aliphatic carbocycles. The maximum absolute atomic E-state index is 14.1. The molecule has 0 aliphatic rings. The van der Waals surface area contributed by atoms with Gasteiger partial charge in [-0.15, -0.1) is 0 Å². The molecule has 0 atom stereocenters. The number of benzene rings is 2. The van der Waals surface area contributed by atoms with Crippen molar-refractivity contribution in [3.8, 4) is 17.2 Å². The van der Waals surface area contributed by atoms with Gasteiger partial charge in [0.2, 0.25) is 0 Å². The number of carbonyl (C=O) groups is 1. The van der Waals surface area contributed by atoms with Gasteiger partial charge in [0.05, 0.1) is 38.5 Å². The molecule has 158 valence electrons. The summed E-state index contributed by atoms with van der Waals surface area (Å²) >= 11 is 0. The Morgan fingerprint density at radius 1 is 0.966 bits per heavy atom. The number of hydrogen-bond donors (Lipinski definition) is 0. The number of methoxy groups -OCH3 is 3. The lowest BCUT2D eigenvalue weighted by Gasteiger charge is -2.24. The van der Waals surface area contributed by atoms with Crippen LogP contribution in [0.5, 0.6) is 17.2 Å². The van der Waals surface area contributed by atoms with E-state index in [2.05, 4.69) is 0 Å². The van der Waals surface area contributed by atoms with E-state index in [0.29, 0.717) is 5.75 Å². The third-order valence-corrected chi connectivity index (χ3v) is 5.71. The number of anilines is 1. The standard InChI is InChI=1S/C19H22FNO7S/c1-5-28-19(22)12-21(13-6-8-17(26-3)18(10-13)27-4)29(23,24)14-7-9-16(25-2)15(20)11-14/h6-11H,5,12H2,1-4H3. The first kappa shape index (κ1) is 22.3. The molecule has 0 bridgehead atoms. The first-order valence-electron chi connectivity index (χ1n) is 8.52. The number of rotatable bonds is 9. The second kappa shape index (κ2) is 9.46. The van der Waals surface area contributed by atoms with Gasteiger partial charge in [-0.05, 0) is 37.3 Å². The lowest BCUT2D eigenvalue weighted by molar-refractivity contribution is -0.141. The summed E-state index contributed by atoms with van der Waals surface area (Å²) in [5.74, 6) is -1.08. The van der Waals surface area contributed by atoms with Crippen LogP contribution in [0.25, 0.3) is 0 Å². The summed E-state index contributed by atoms with van der Waals surface area (Å²) < 4.78 is 61.4. The number of carbonyl (C=O) groups excluding carboxylic acids is 1. The molecule has 0 saturated carbocycles. The van der Waals surface area contributed by atoms with Crippen LogP contribution in [0.15, 0.2) is 41.3 Å². The number of halogens is 1. The second-order valence-corrected chi connectivity index (χ2v) is 7.51. The van der Waals surface area contributed by atoms with Crippen LogP contribution in [-0.4, -0.2) is 48.9 Å². The summed E-state index contributed by atoms with van der Waals surface area (Å²) in [6, 6.07) is 7.55. The molecule has 0 aliphatic heterocycles. The van der Waals surface area contributed by atoms with Gasteiger partial charge in [-0.2, -0.15) is 0 Å². The van der Waals surface area contributed by atoms with Crippen molar-refractivity contribution >= 4 is 21.7 Å². The molecule has 0 N–H and O–H groups in total. The van der Waals surface area contributed by atoms with Gasteiger partial charge >= 0.3 is 5.97 Å². The SMILES string of the molecule is CCOC(=O)CN(c1ccc(OC)c(OC)c1)S(=O)(=O)c1ccc(OC)c(F)c1. The van der Waals surface area contributed by atoms with Gasteiger partial charge in [-0.3, -0.25) is 9.10 Å². The summed E-state index contributed by atoms with van der Waals surface area (Å²) in [6.07, 6.45) is 0. The topological polar surface area (TPSA) is 91.4 Å². The van der Waals surface area contributed by atoms with Crippen molar-refractivity contribution in [3.05, 3.63) is 42.2 Å². The van der Waals surface area contributed by atoms with Crippen molar-refractivity contribution in [1.82, 2.24) is 0 Å². The fraction of sp³-hybridized carbons (Fsp3) is 0.316. The number of hydrogen-bond acceptors (Lipinski definition) is 7. The molecule has 2 aromatic rings. The largest absolute Gasteiger partial charge is 0.494 e. The van der Waals surface area contributed by atoms with Crippen molar-refractivity contribution in [2.45, 2.75) is 11.8 Å². The third-order valence-electron chi connectivity index (χ3n) is 3.94. The second-order valence-electron chi connectivity index (χ2n) is 5.65. The predicted octanol–water partition coefficient (Wildman–Crippen LogP) is 2.61. The van der Waals surface area contributed by atoms with Gasteiger partial charge < -0.3 is 18.9 Å². The fourth-order valence-corrected chi connectivity index (χ4v) is 3.97. The van der Waals surface area contributed by atoms with Crippen LogP contribution in [-0.2, 0) is 19.6 Å². The molecule has 29 heavy (non-hydrogen) atoms. The maximum Gasteiger partial charge on any atom is 0.326 e. The Hall–Kier alpha value is -3.01. The average Bonchev–Trinajstić information content (AvgIpc) is 2.71.